The van der Waals surface area contributed by atoms with Crippen LogP contribution in [0.3, 0.4) is 0 Å². The van der Waals surface area contributed by atoms with E-state index in [1.54, 1.807) is 7.05 Å². The molecule has 1 atom stereocenters. The predicted molar refractivity (Wildman–Crippen MR) is 64.2 cm³/mol. The van der Waals surface area contributed by atoms with Crippen molar-refractivity contribution in [2.75, 3.05) is 7.05 Å². The van der Waals surface area contributed by atoms with Crippen molar-refractivity contribution in [3.05, 3.63) is 41.2 Å². The van der Waals surface area contributed by atoms with Crippen LogP contribution in [0.4, 0.5) is 0 Å². The summed E-state index contributed by atoms with van der Waals surface area (Å²) in [5.41, 5.74) is 1.11. The fourth-order valence-electron chi connectivity index (χ4n) is 1.72. The van der Waals surface area contributed by atoms with Gasteiger partial charge in [0.1, 0.15) is 0 Å². The molecule has 3 nitrogen and oxygen atoms in total. The summed E-state index contributed by atoms with van der Waals surface area (Å²) in [7, 11) is 1.77. The molecule has 3 heteroatoms. The Morgan fingerprint density at radius 1 is 1.44 bits per heavy atom. The molecule has 2 rings (SSSR count). The Morgan fingerprint density at radius 3 is 2.69 bits per heavy atom. The first-order valence-corrected chi connectivity index (χ1v) is 5.73. The lowest BCUT2D eigenvalue weighted by molar-refractivity contribution is -0.121. The van der Waals surface area contributed by atoms with E-state index >= 15 is 0 Å². The zero-order valence-corrected chi connectivity index (χ0v) is 9.52. The second-order valence-corrected chi connectivity index (χ2v) is 4.23. The predicted octanol–water partition coefficient (Wildman–Crippen LogP) is 2.40. The minimum Gasteiger partial charge on any atom is -0.658 e. The summed E-state index contributed by atoms with van der Waals surface area (Å²) in [5, 5.41) is 7.25. The molecular formula is C13H17N2O-. The van der Waals surface area contributed by atoms with Gasteiger partial charge in [-0.25, -0.2) is 0 Å². The van der Waals surface area contributed by atoms with Crippen LogP contribution in [0.15, 0.2) is 30.3 Å². The Balaban J connectivity index is 1.91. The number of carbonyl (C=O) groups excluding carboxylic acids is 1. The maximum atomic E-state index is 11.7. The summed E-state index contributed by atoms with van der Waals surface area (Å²) in [6.07, 6.45) is 2.72. The lowest BCUT2D eigenvalue weighted by Crippen LogP contribution is -2.26. The molecule has 0 aromatic heterocycles. The van der Waals surface area contributed by atoms with Crippen LogP contribution < -0.4 is 5.32 Å². The number of nitrogens with zero attached hydrogens (tertiary/aromatic N) is 1. The number of hydrogen-bond acceptors (Lipinski definition) is 1. The van der Waals surface area contributed by atoms with Crippen molar-refractivity contribution in [2.24, 2.45) is 0 Å². The van der Waals surface area contributed by atoms with Crippen LogP contribution in [-0.4, -0.2) is 19.0 Å². The van der Waals surface area contributed by atoms with Crippen molar-refractivity contribution < 1.29 is 4.79 Å². The minimum absolute atomic E-state index is 0.0139. The van der Waals surface area contributed by atoms with Crippen LogP contribution in [-0.2, 0) is 4.79 Å². The molecule has 1 unspecified atom stereocenters. The molecule has 0 aliphatic heterocycles. The van der Waals surface area contributed by atoms with Crippen molar-refractivity contribution in [1.82, 2.24) is 5.32 Å². The zero-order valence-electron chi connectivity index (χ0n) is 9.52. The second-order valence-electron chi connectivity index (χ2n) is 4.23. The highest BCUT2D eigenvalue weighted by Crippen LogP contribution is 2.25. The van der Waals surface area contributed by atoms with Gasteiger partial charge in [-0.15, -0.1) is 6.04 Å². The lowest BCUT2D eigenvalue weighted by atomic mass is 10.0. The minimum atomic E-state index is -0.0139. The highest BCUT2D eigenvalue weighted by molar-refractivity contribution is 5.77. The molecule has 1 saturated carbocycles. The van der Waals surface area contributed by atoms with Crippen molar-refractivity contribution >= 4 is 5.91 Å². The van der Waals surface area contributed by atoms with Crippen LogP contribution in [0.1, 0.15) is 30.9 Å². The van der Waals surface area contributed by atoms with Crippen LogP contribution in [0.5, 0.6) is 0 Å². The molecule has 1 aromatic carbocycles. The van der Waals surface area contributed by atoms with Crippen molar-refractivity contribution in [1.29, 1.82) is 0 Å². The summed E-state index contributed by atoms with van der Waals surface area (Å²) in [6.45, 7) is 0. The van der Waals surface area contributed by atoms with E-state index in [1.807, 2.05) is 30.3 Å². The average molecular weight is 217 g/mol. The molecule has 0 saturated heterocycles. The van der Waals surface area contributed by atoms with E-state index in [1.165, 1.54) is 0 Å². The first-order chi connectivity index (χ1) is 7.79. The second kappa shape index (κ2) is 5.12. The zero-order chi connectivity index (χ0) is 11.4. The summed E-state index contributed by atoms with van der Waals surface area (Å²) >= 11 is 0. The normalized spacial score (nSPS) is 16.8. The summed E-state index contributed by atoms with van der Waals surface area (Å²) < 4.78 is 0. The maximum absolute atomic E-state index is 11.7. The van der Waals surface area contributed by atoms with Gasteiger partial charge in [0.2, 0.25) is 5.91 Å². The first kappa shape index (κ1) is 11.1. The van der Waals surface area contributed by atoms with Crippen LogP contribution in [0, 0.1) is 0 Å². The standard InChI is InChI=1S/C13H17N2O/c1-14-12(10-5-3-2-4-6-10)9-13(16)15-11-7-8-11/h2-6,11-12H,7-9H2,1H3,(H,15,16)/q-1. The maximum Gasteiger partial charge on any atom is 0.219 e. The quantitative estimate of drug-likeness (QED) is 0.808. The largest absolute Gasteiger partial charge is 0.658 e. The van der Waals surface area contributed by atoms with Gasteiger partial charge in [0.25, 0.3) is 0 Å². The third-order valence-corrected chi connectivity index (χ3v) is 2.82. The van der Waals surface area contributed by atoms with Gasteiger partial charge in [-0.2, -0.15) is 7.05 Å². The Hall–Kier alpha value is -1.35. The van der Waals surface area contributed by atoms with Crippen LogP contribution in [0.2, 0.25) is 0 Å². The number of rotatable bonds is 5. The highest BCUT2D eigenvalue weighted by atomic mass is 16.1. The topological polar surface area (TPSA) is 43.2 Å². The molecule has 0 bridgehead atoms. The monoisotopic (exact) mass is 217 g/mol. The fraction of sp³-hybridized carbons (Fsp3) is 0.462. The molecule has 1 aliphatic rings. The van der Waals surface area contributed by atoms with E-state index in [4.69, 9.17) is 0 Å². The summed E-state index contributed by atoms with van der Waals surface area (Å²) in [4.78, 5) is 11.7. The Morgan fingerprint density at radius 2 is 2.12 bits per heavy atom. The van der Waals surface area contributed by atoms with Crippen LogP contribution in [0.25, 0.3) is 5.32 Å². The average Bonchev–Trinajstić information content (AvgIpc) is 3.11. The fourth-order valence-corrected chi connectivity index (χ4v) is 1.72. The molecule has 1 N–H and O–H groups in total. The third-order valence-electron chi connectivity index (χ3n) is 2.82. The Bertz CT molecular complexity index is 346. The first-order valence-electron chi connectivity index (χ1n) is 5.73. The lowest BCUT2D eigenvalue weighted by Gasteiger charge is -2.27. The van der Waals surface area contributed by atoms with Crippen molar-refractivity contribution in [2.45, 2.75) is 31.3 Å². The van der Waals surface area contributed by atoms with Gasteiger partial charge >= 0.3 is 0 Å². The molecule has 1 aromatic rings. The third kappa shape index (κ3) is 3.07. The number of nitrogens with one attached hydrogen (secondary N) is 1. The highest BCUT2D eigenvalue weighted by Gasteiger charge is 2.23. The Kier molecular flexibility index (Phi) is 3.57. The summed E-state index contributed by atoms with van der Waals surface area (Å²) in [6, 6.07) is 10.4. The van der Waals surface area contributed by atoms with E-state index in [0.29, 0.717) is 12.5 Å². The number of hydrogen-bond donors (Lipinski definition) is 1. The van der Waals surface area contributed by atoms with Crippen molar-refractivity contribution in [3.8, 4) is 0 Å². The molecule has 0 heterocycles. The molecule has 1 fully saturated rings. The van der Waals surface area contributed by atoms with Gasteiger partial charge in [0.15, 0.2) is 0 Å². The van der Waals surface area contributed by atoms with Crippen molar-refractivity contribution in [3.63, 3.8) is 0 Å². The molecule has 0 radical (unpaired) electrons. The van der Waals surface area contributed by atoms with Gasteiger partial charge in [-0.1, -0.05) is 35.9 Å². The van der Waals surface area contributed by atoms with Gasteiger partial charge in [-0.05, 0) is 12.8 Å². The van der Waals surface area contributed by atoms with Gasteiger partial charge in [0.05, 0.1) is 0 Å². The van der Waals surface area contributed by atoms with E-state index in [2.05, 4.69) is 10.6 Å². The number of benzene rings is 1. The van der Waals surface area contributed by atoms with E-state index in [0.717, 1.165) is 18.4 Å². The molecule has 86 valence electrons. The van der Waals surface area contributed by atoms with Gasteiger partial charge < -0.3 is 10.6 Å². The van der Waals surface area contributed by atoms with Gasteiger partial charge in [0, 0.05) is 12.5 Å². The van der Waals surface area contributed by atoms with Crippen LogP contribution >= 0.6 is 0 Å². The molecule has 16 heavy (non-hydrogen) atoms. The number of amides is 1. The summed E-state index contributed by atoms with van der Waals surface area (Å²) in [5.74, 6) is 0.113. The molecule has 0 spiro atoms. The molecule has 1 amide bonds. The molecular weight excluding hydrogens is 200 g/mol. The van der Waals surface area contributed by atoms with E-state index in [-0.39, 0.29) is 11.9 Å². The van der Waals surface area contributed by atoms with E-state index in [9.17, 15) is 4.79 Å². The SMILES string of the molecule is C[N-]C(CC(=O)NC1CC1)c1ccccc1. The Labute approximate surface area is 96.2 Å². The number of carbonyl (C=O) groups is 1. The van der Waals surface area contributed by atoms with E-state index < -0.39 is 0 Å². The molecule has 1 aliphatic carbocycles. The van der Waals surface area contributed by atoms with Gasteiger partial charge in [-0.3, -0.25) is 4.79 Å². The smallest absolute Gasteiger partial charge is 0.219 e.